The number of carboxylic acids is 1. The van der Waals surface area contributed by atoms with Crippen LogP contribution in [0.4, 0.5) is 10.5 Å². The first-order valence-corrected chi connectivity index (χ1v) is 7.55. The van der Waals surface area contributed by atoms with Gasteiger partial charge in [0.1, 0.15) is 0 Å². The summed E-state index contributed by atoms with van der Waals surface area (Å²) in [6.45, 7) is 0. The maximum Gasteiger partial charge on any atom is 0.337 e. The van der Waals surface area contributed by atoms with E-state index in [2.05, 4.69) is 26.6 Å². The van der Waals surface area contributed by atoms with Gasteiger partial charge in [0.25, 0.3) is 0 Å². The number of hydrogen-bond donors (Lipinski definition) is 4. The molecule has 1 saturated carbocycles. The van der Waals surface area contributed by atoms with Crippen LogP contribution in [0.3, 0.4) is 0 Å². The van der Waals surface area contributed by atoms with E-state index in [1.165, 1.54) is 12.1 Å². The zero-order chi connectivity index (χ0) is 15.4. The minimum Gasteiger partial charge on any atom is -0.478 e. The molecule has 114 valence electrons. The summed E-state index contributed by atoms with van der Waals surface area (Å²) in [4.78, 5) is 23.1. The normalized spacial score (nSPS) is 21.6. The molecule has 1 fully saturated rings. The van der Waals surface area contributed by atoms with Crippen LogP contribution in [0.2, 0.25) is 0 Å². The number of rotatable bonds is 3. The molecule has 1 aliphatic carbocycles. The molecule has 1 aromatic rings. The number of aliphatic hydroxyl groups excluding tert-OH is 1. The average molecular weight is 357 g/mol. The summed E-state index contributed by atoms with van der Waals surface area (Å²) in [5.74, 6) is -1.12. The molecular weight excluding hydrogens is 340 g/mol. The minimum atomic E-state index is -1.12. The van der Waals surface area contributed by atoms with E-state index in [1.807, 2.05) is 0 Å². The molecule has 0 aromatic heterocycles. The Kier molecular flexibility index (Phi) is 5.19. The number of anilines is 1. The number of aromatic carboxylic acids is 1. The zero-order valence-corrected chi connectivity index (χ0v) is 12.9. The van der Waals surface area contributed by atoms with E-state index in [0.29, 0.717) is 10.9 Å². The van der Waals surface area contributed by atoms with E-state index in [9.17, 15) is 14.7 Å². The number of amides is 2. The van der Waals surface area contributed by atoms with Crippen LogP contribution in [0.5, 0.6) is 0 Å². The number of aliphatic hydroxyl groups is 1. The smallest absolute Gasteiger partial charge is 0.337 e. The van der Waals surface area contributed by atoms with Gasteiger partial charge in [-0.2, -0.15) is 0 Å². The second kappa shape index (κ2) is 6.91. The average Bonchev–Trinajstić information content (AvgIpc) is 2.41. The zero-order valence-electron chi connectivity index (χ0n) is 11.3. The van der Waals surface area contributed by atoms with Gasteiger partial charge in [0, 0.05) is 4.47 Å². The number of carboxylic acid groups (broad SMARTS) is 1. The van der Waals surface area contributed by atoms with Crippen LogP contribution >= 0.6 is 15.9 Å². The monoisotopic (exact) mass is 356 g/mol. The van der Waals surface area contributed by atoms with E-state index >= 15 is 0 Å². The van der Waals surface area contributed by atoms with Gasteiger partial charge in [-0.15, -0.1) is 0 Å². The van der Waals surface area contributed by atoms with Crippen LogP contribution in [-0.4, -0.2) is 34.4 Å². The predicted octanol–water partition coefficient (Wildman–Crippen LogP) is 2.57. The highest BCUT2D eigenvalue weighted by atomic mass is 79.9. The molecular formula is C14H17BrN2O4. The lowest BCUT2D eigenvalue weighted by Crippen LogP contribution is -2.46. The van der Waals surface area contributed by atoms with E-state index in [-0.39, 0.29) is 17.3 Å². The van der Waals surface area contributed by atoms with Crippen molar-refractivity contribution in [2.45, 2.75) is 37.8 Å². The molecule has 2 rings (SSSR count). The molecule has 0 saturated heterocycles. The van der Waals surface area contributed by atoms with Gasteiger partial charge in [0.05, 0.1) is 23.4 Å². The summed E-state index contributed by atoms with van der Waals surface area (Å²) in [5.41, 5.74) is 0.220. The van der Waals surface area contributed by atoms with Gasteiger partial charge < -0.3 is 20.8 Å². The molecule has 1 aliphatic rings. The van der Waals surface area contributed by atoms with Gasteiger partial charge in [0.2, 0.25) is 0 Å². The molecule has 0 aliphatic heterocycles. The fraction of sp³-hybridized carbons (Fsp3) is 0.429. The van der Waals surface area contributed by atoms with Gasteiger partial charge in [-0.1, -0.05) is 28.8 Å². The molecule has 2 amide bonds. The van der Waals surface area contributed by atoms with Crippen molar-refractivity contribution >= 4 is 33.6 Å². The number of hydrogen-bond acceptors (Lipinski definition) is 3. The Hall–Kier alpha value is -1.60. The highest BCUT2D eigenvalue weighted by Gasteiger charge is 2.24. The number of halogens is 1. The lowest BCUT2D eigenvalue weighted by Gasteiger charge is -2.28. The number of benzene rings is 1. The summed E-state index contributed by atoms with van der Waals surface area (Å²) in [7, 11) is 0. The van der Waals surface area contributed by atoms with Gasteiger partial charge in [-0.3, -0.25) is 0 Å². The molecule has 4 N–H and O–H groups in total. The standard InChI is InChI=1S/C14H17BrN2O4/c15-8-5-6-9(13(19)20)11(7-8)17-14(21)16-10-3-1-2-4-12(10)18/h5-7,10,12,18H,1-4H2,(H,19,20)(H2,16,17,21). The second-order valence-corrected chi connectivity index (χ2v) is 5.97. The highest BCUT2D eigenvalue weighted by molar-refractivity contribution is 9.10. The van der Waals surface area contributed by atoms with E-state index in [0.717, 1.165) is 19.3 Å². The fourth-order valence-electron chi connectivity index (χ4n) is 2.41. The first kappa shape index (κ1) is 15.8. The molecule has 0 spiro atoms. The molecule has 6 nitrogen and oxygen atoms in total. The minimum absolute atomic E-state index is 0.0116. The molecule has 1 aromatic carbocycles. The van der Waals surface area contributed by atoms with Gasteiger partial charge in [-0.05, 0) is 31.0 Å². The Balaban J connectivity index is 2.05. The maximum absolute atomic E-state index is 12.0. The van der Waals surface area contributed by atoms with Crippen molar-refractivity contribution < 1.29 is 19.8 Å². The molecule has 7 heteroatoms. The third kappa shape index (κ3) is 4.18. The van der Waals surface area contributed by atoms with E-state index in [4.69, 9.17) is 5.11 Å². The molecule has 21 heavy (non-hydrogen) atoms. The largest absolute Gasteiger partial charge is 0.478 e. The third-order valence-electron chi connectivity index (χ3n) is 3.51. The third-order valence-corrected chi connectivity index (χ3v) is 4.00. The molecule has 0 heterocycles. The summed E-state index contributed by atoms with van der Waals surface area (Å²) < 4.78 is 0.667. The van der Waals surface area contributed by atoms with E-state index in [1.54, 1.807) is 6.07 Å². The Labute approximate surface area is 130 Å². The van der Waals surface area contributed by atoms with Crippen LogP contribution < -0.4 is 10.6 Å². The van der Waals surface area contributed by atoms with Crippen molar-refractivity contribution in [3.8, 4) is 0 Å². The maximum atomic E-state index is 12.0. The van der Waals surface area contributed by atoms with Gasteiger partial charge in [-0.25, -0.2) is 9.59 Å². The van der Waals surface area contributed by atoms with Gasteiger partial charge in [0.15, 0.2) is 0 Å². The van der Waals surface area contributed by atoms with Crippen molar-refractivity contribution in [3.63, 3.8) is 0 Å². The van der Waals surface area contributed by atoms with Crippen LogP contribution in [0, 0.1) is 0 Å². The van der Waals surface area contributed by atoms with Crippen LogP contribution in [0.25, 0.3) is 0 Å². The SMILES string of the molecule is O=C(Nc1cc(Br)ccc1C(=O)O)NC1CCCCC1O. The Bertz CT molecular complexity index is 550. The van der Waals surface area contributed by atoms with Crippen molar-refractivity contribution in [1.29, 1.82) is 0 Å². The fourth-order valence-corrected chi connectivity index (χ4v) is 2.77. The first-order valence-electron chi connectivity index (χ1n) is 6.76. The van der Waals surface area contributed by atoms with Crippen molar-refractivity contribution in [1.82, 2.24) is 5.32 Å². The summed E-state index contributed by atoms with van der Waals surface area (Å²) >= 11 is 3.24. The summed E-state index contributed by atoms with van der Waals surface area (Å²) in [6.07, 6.45) is 2.75. The lowest BCUT2D eigenvalue weighted by molar-refractivity contribution is 0.0698. The van der Waals surface area contributed by atoms with Crippen LogP contribution in [0.1, 0.15) is 36.0 Å². The number of carbonyl (C=O) groups excluding carboxylic acids is 1. The first-order chi connectivity index (χ1) is 9.97. The highest BCUT2D eigenvalue weighted by Crippen LogP contribution is 2.22. The predicted molar refractivity (Wildman–Crippen MR) is 81.5 cm³/mol. The van der Waals surface area contributed by atoms with Crippen molar-refractivity contribution in [2.75, 3.05) is 5.32 Å². The molecule has 0 bridgehead atoms. The Morgan fingerprint density at radius 3 is 2.62 bits per heavy atom. The number of nitrogens with one attached hydrogen (secondary N) is 2. The lowest BCUT2D eigenvalue weighted by atomic mass is 9.93. The topological polar surface area (TPSA) is 98.7 Å². The molecule has 2 unspecified atom stereocenters. The van der Waals surface area contributed by atoms with E-state index < -0.39 is 18.1 Å². The van der Waals surface area contributed by atoms with Gasteiger partial charge >= 0.3 is 12.0 Å². The van der Waals surface area contributed by atoms with Crippen molar-refractivity contribution in [3.05, 3.63) is 28.2 Å². The molecule has 2 atom stereocenters. The Morgan fingerprint density at radius 1 is 1.24 bits per heavy atom. The number of carbonyl (C=O) groups is 2. The van der Waals surface area contributed by atoms with Crippen LogP contribution in [0.15, 0.2) is 22.7 Å². The number of urea groups is 1. The van der Waals surface area contributed by atoms with Crippen LogP contribution in [-0.2, 0) is 0 Å². The summed E-state index contributed by atoms with van der Waals surface area (Å²) in [6, 6.07) is 3.73. The summed E-state index contributed by atoms with van der Waals surface area (Å²) in [5, 5.41) is 24.2. The quantitative estimate of drug-likeness (QED) is 0.668. The Morgan fingerprint density at radius 2 is 1.95 bits per heavy atom. The molecule has 0 radical (unpaired) electrons. The second-order valence-electron chi connectivity index (χ2n) is 5.05. The van der Waals surface area contributed by atoms with Crippen molar-refractivity contribution in [2.24, 2.45) is 0 Å².